The molecule has 2 aromatic rings. The summed E-state index contributed by atoms with van der Waals surface area (Å²) in [4.78, 5) is 36.3. The predicted octanol–water partition coefficient (Wildman–Crippen LogP) is 3.62. The van der Waals surface area contributed by atoms with Crippen LogP contribution in [0.3, 0.4) is 0 Å². The Morgan fingerprint density at radius 3 is 2.39 bits per heavy atom. The van der Waals surface area contributed by atoms with Gasteiger partial charge in [0, 0.05) is 11.3 Å². The summed E-state index contributed by atoms with van der Waals surface area (Å²) in [6.45, 7) is 5.32. The molecule has 0 radical (unpaired) electrons. The Balaban J connectivity index is 2.22. The Morgan fingerprint density at radius 1 is 1.11 bits per heavy atom. The number of aryl methyl sites for hydroxylation is 1. The second-order valence-corrected chi connectivity index (χ2v) is 6.64. The fourth-order valence-electron chi connectivity index (χ4n) is 2.64. The Bertz CT molecular complexity index is 898. The minimum Gasteiger partial charge on any atom is -0.480 e. The number of nitrogens with one attached hydrogen (secondary N) is 2. The zero-order valence-corrected chi connectivity index (χ0v) is 16.0. The summed E-state index contributed by atoms with van der Waals surface area (Å²) in [6.07, 6.45) is 0.592. The summed E-state index contributed by atoms with van der Waals surface area (Å²) in [5.74, 6) is -3.20. The number of halogens is 1. The summed E-state index contributed by atoms with van der Waals surface area (Å²) in [5.41, 5.74) is 1.11. The molecule has 2 unspecified atom stereocenters. The molecule has 7 heteroatoms. The zero-order valence-electron chi connectivity index (χ0n) is 16.0. The molecule has 2 rings (SSSR count). The Morgan fingerprint density at radius 2 is 1.79 bits per heavy atom. The van der Waals surface area contributed by atoms with Gasteiger partial charge in [0.1, 0.15) is 11.9 Å². The van der Waals surface area contributed by atoms with Gasteiger partial charge in [-0.15, -0.1) is 0 Å². The van der Waals surface area contributed by atoms with Crippen molar-refractivity contribution in [1.82, 2.24) is 5.32 Å². The largest absolute Gasteiger partial charge is 0.480 e. The molecule has 148 valence electrons. The maximum atomic E-state index is 13.8. The highest BCUT2D eigenvalue weighted by molar-refractivity contribution is 6.06. The van der Waals surface area contributed by atoms with Crippen LogP contribution in [0.5, 0.6) is 0 Å². The molecule has 6 nitrogen and oxygen atoms in total. The van der Waals surface area contributed by atoms with E-state index in [0.29, 0.717) is 17.7 Å². The minimum atomic E-state index is -1.11. The van der Waals surface area contributed by atoms with Crippen molar-refractivity contribution in [2.75, 3.05) is 5.32 Å². The number of hydrogen-bond acceptors (Lipinski definition) is 3. The van der Waals surface area contributed by atoms with Crippen LogP contribution < -0.4 is 10.6 Å². The molecular formula is C21H23FN2O4. The Kier molecular flexibility index (Phi) is 6.87. The average molecular weight is 386 g/mol. The molecule has 0 aliphatic carbocycles. The first kappa shape index (κ1) is 21.1. The van der Waals surface area contributed by atoms with Crippen LogP contribution in [0.15, 0.2) is 42.5 Å². The average Bonchev–Trinajstić information content (AvgIpc) is 2.67. The van der Waals surface area contributed by atoms with Crippen molar-refractivity contribution in [3.63, 3.8) is 0 Å². The number of carboxylic acid groups (broad SMARTS) is 1. The van der Waals surface area contributed by atoms with Gasteiger partial charge in [-0.25, -0.2) is 9.18 Å². The third kappa shape index (κ3) is 4.94. The van der Waals surface area contributed by atoms with Gasteiger partial charge in [-0.1, -0.05) is 38.5 Å². The topological polar surface area (TPSA) is 95.5 Å². The summed E-state index contributed by atoms with van der Waals surface area (Å²) >= 11 is 0. The molecule has 28 heavy (non-hydrogen) atoms. The molecule has 0 aromatic heterocycles. The lowest BCUT2D eigenvalue weighted by Gasteiger charge is -2.20. The Labute approximate surface area is 162 Å². The van der Waals surface area contributed by atoms with Gasteiger partial charge in [0.05, 0.1) is 5.56 Å². The van der Waals surface area contributed by atoms with Gasteiger partial charge in [0.25, 0.3) is 11.8 Å². The number of anilines is 1. The number of carboxylic acids is 1. The standard InChI is InChI=1S/C21H23FN2O4/c1-4-12(2)18(21(27)28)24-19(25)14-10-9-13(3)17(11-14)23-20(26)15-7-5-6-8-16(15)22/h5-12,18H,4H2,1-3H3,(H,23,26)(H,24,25)(H,27,28). The lowest BCUT2D eigenvalue weighted by atomic mass is 9.98. The van der Waals surface area contributed by atoms with Gasteiger partial charge in [-0.2, -0.15) is 0 Å². The van der Waals surface area contributed by atoms with Gasteiger partial charge in [-0.3, -0.25) is 9.59 Å². The van der Waals surface area contributed by atoms with E-state index in [1.54, 1.807) is 32.0 Å². The van der Waals surface area contributed by atoms with Crippen LogP contribution in [-0.4, -0.2) is 28.9 Å². The molecule has 0 aliphatic heterocycles. The van der Waals surface area contributed by atoms with E-state index in [9.17, 15) is 23.9 Å². The highest BCUT2D eigenvalue weighted by Crippen LogP contribution is 2.19. The van der Waals surface area contributed by atoms with E-state index in [2.05, 4.69) is 10.6 Å². The second kappa shape index (κ2) is 9.12. The normalized spacial score (nSPS) is 12.7. The first-order valence-corrected chi connectivity index (χ1v) is 8.94. The molecule has 0 aliphatic rings. The zero-order chi connectivity index (χ0) is 20.8. The SMILES string of the molecule is CCC(C)C(NC(=O)c1ccc(C)c(NC(=O)c2ccccc2F)c1)C(=O)O. The molecule has 0 spiro atoms. The molecule has 0 saturated heterocycles. The van der Waals surface area contributed by atoms with Crippen LogP contribution in [-0.2, 0) is 4.79 Å². The van der Waals surface area contributed by atoms with Crippen LogP contribution in [0.2, 0.25) is 0 Å². The van der Waals surface area contributed by atoms with E-state index in [1.165, 1.54) is 24.3 Å². The molecule has 2 atom stereocenters. The van der Waals surface area contributed by atoms with Crippen molar-refractivity contribution in [1.29, 1.82) is 0 Å². The summed E-state index contributed by atoms with van der Waals surface area (Å²) in [5, 5.41) is 14.4. The van der Waals surface area contributed by atoms with Crippen molar-refractivity contribution in [2.24, 2.45) is 5.92 Å². The number of carbonyl (C=O) groups excluding carboxylic acids is 2. The summed E-state index contributed by atoms with van der Waals surface area (Å²) < 4.78 is 13.8. The third-order valence-electron chi connectivity index (χ3n) is 4.63. The molecule has 0 bridgehead atoms. The van der Waals surface area contributed by atoms with Crippen LogP contribution >= 0.6 is 0 Å². The molecule has 0 saturated carbocycles. The van der Waals surface area contributed by atoms with E-state index >= 15 is 0 Å². The van der Waals surface area contributed by atoms with Gasteiger partial charge in [0.15, 0.2) is 0 Å². The first-order valence-electron chi connectivity index (χ1n) is 8.94. The molecular weight excluding hydrogens is 363 g/mol. The number of rotatable bonds is 7. The third-order valence-corrected chi connectivity index (χ3v) is 4.63. The van der Waals surface area contributed by atoms with Crippen molar-refractivity contribution in [2.45, 2.75) is 33.2 Å². The molecule has 0 fully saturated rings. The lowest BCUT2D eigenvalue weighted by molar-refractivity contribution is -0.140. The van der Waals surface area contributed by atoms with Crippen molar-refractivity contribution in [3.05, 3.63) is 65.0 Å². The van der Waals surface area contributed by atoms with Gasteiger partial charge >= 0.3 is 5.97 Å². The van der Waals surface area contributed by atoms with Crippen LogP contribution in [0.1, 0.15) is 46.5 Å². The maximum absolute atomic E-state index is 13.8. The predicted molar refractivity (Wildman–Crippen MR) is 104 cm³/mol. The number of aliphatic carboxylic acids is 1. The van der Waals surface area contributed by atoms with Crippen LogP contribution in [0, 0.1) is 18.7 Å². The monoisotopic (exact) mass is 386 g/mol. The Hall–Kier alpha value is -3.22. The molecule has 3 N–H and O–H groups in total. The van der Waals surface area contributed by atoms with Crippen LogP contribution in [0.4, 0.5) is 10.1 Å². The smallest absolute Gasteiger partial charge is 0.326 e. The summed E-state index contributed by atoms with van der Waals surface area (Å²) in [6, 6.07) is 9.18. The molecule has 2 amide bonds. The van der Waals surface area contributed by atoms with Gasteiger partial charge in [-0.05, 0) is 42.7 Å². The second-order valence-electron chi connectivity index (χ2n) is 6.64. The van der Waals surface area contributed by atoms with E-state index < -0.39 is 29.6 Å². The highest BCUT2D eigenvalue weighted by atomic mass is 19.1. The lowest BCUT2D eigenvalue weighted by Crippen LogP contribution is -2.45. The van der Waals surface area contributed by atoms with Gasteiger partial charge < -0.3 is 15.7 Å². The highest BCUT2D eigenvalue weighted by Gasteiger charge is 2.26. The van der Waals surface area contributed by atoms with Crippen molar-refractivity contribution in [3.8, 4) is 0 Å². The fourth-order valence-corrected chi connectivity index (χ4v) is 2.64. The van der Waals surface area contributed by atoms with Gasteiger partial charge in [0.2, 0.25) is 0 Å². The van der Waals surface area contributed by atoms with Crippen molar-refractivity contribution < 1.29 is 23.9 Å². The number of carbonyl (C=O) groups is 3. The quantitative estimate of drug-likeness (QED) is 0.677. The number of amides is 2. The van der Waals surface area contributed by atoms with E-state index in [0.717, 1.165) is 0 Å². The summed E-state index contributed by atoms with van der Waals surface area (Å²) in [7, 11) is 0. The molecule has 0 heterocycles. The fraction of sp³-hybridized carbons (Fsp3) is 0.286. The van der Waals surface area contributed by atoms with Crippen molar-refractivity contribution >= 4 is 23.5 Å². The number of hydrogen-bond donors (Lipinski definition) is 3. The van der Waals surface area contributed by atoms with E-state index in [-0.39, 0.29) is 17.0 Å². The maximum Gasteiger partial charge on any atom is 0.326 e. The minimum absolute atomic E-state index is 0.112. The van der Waals surface area contributed by atoms with Crippen LogP contribution in [0.25, 0.3) is 0 Å². The number of benzene rings is 2. The first-order chi connectivity index (χ1) is 13.2. The van der Waals surface area contributed by atoms with E-state index in [4.69, 9.17) is 0 Å². The van der Waals surface area contributed by atoms with E-state index in [1.807, 2.05) is 6.92 Å². The molecule has 2 aromatic carbocycles.